The van der Waals surface area contributed by atoms with Gasteiger partial charge in [-0.2, -0.15) is 4.31 Å². The van der Waals surface area contributed by atoms with Crippen molar-refractivity contribution >= 4 is 58.5 Å². The van der Waals surface area contributed by atoms with Gasteiger partial charge in [0.25, 0.3) is 5.91 Å². The number of halogens is 1. The summed E-state index contributed by atoms with van der Waals surface area (Å²) >= 11 is 4.92. The number of hydrogen-bond donors (Lipinski definition) is 0. The van der Waals surface area contributed by atoms with Crippen LogP contribution in [0.25, 0.3) is 10.2 Å². The van der Waals surface area contributed by atoms with E-state index < -0.39 is 10.0 Å². The summed E-state index contributed by atoms with van der Waals surface area (Å²) in [6, 6.07) is 17.6. The van der Waals surface area contributed by atoms with Crippen molar-refractivity contribution in [2.24, 2.45) is 0 Å². The lowest BCUT2D eigenvalue weighted by Crippen LogP contribution is -2.33. The number of unbranched alkanes of at least 4 members (excludes halogenated alkanes) is 2. The van der Waals surface area contributed by atoms with Crippen LogP contribution in [0.1, 0.15) is 55.6 Å². The summed E-state index contributed by atoms with van der Waals surface area (Å²) in [5.41, 5.74) is 1.91. The number of pyridine rings is 1. The first-order valence-electron chi connectivity index (χ1n) is 12.7. The number of benzene rings is 2. The number of hydrogen-bond acceptors (Lipinski definition) is 6. The molecule has 0 aliphatic heterocycles. The van der Waals surface area contributed by atoms with Gasteiger partial charge in [0.05, 0.1) is 27.4 Å². The van der Waals surface area contributed by atoms with Gasteiger partial charge in [0.1, 0.15) is 0 Å². The Balaban J connectivity index is 1.64. The van der Waals surface area contributed by atoms with Crippen LogP contribution in [-0.4, -0.2) is 41.7 Å². The fourth-order valence-corrected chi connectivity index (χ4v) is 7.01. The highest BCUT2D eigenvalue weighted by Crippen LogP contribution is 2.32. The van der Waals surface area contributed by atoms with Crippen LogP contribution < -0.4 is 4.90 Å². The highest BCUT2D eigenvalue weighted by Gasteiger charge is 2.26. The molecule has 7 nitrogen and oxygen atoms in total. The maximum absolute atomic E-state index is 13.8. The zero-order valence-corrected chi connectivity index (χ0v) is 24.7. The second kappa shape index (κ2) is 12.9. The van der Waals surface area contributed by atoms with E-state index in [9.17, 15) is 13.2 Å². The molecule has 0 aliphatic carbocycles. The molecule has 0 atom stereocenters. The lowest BCUT2D eigenvalue weighted by molar-refractivity contribution is 0.0984. The van der Waals surface area contributed by atoms with Crippen LogP contribution in [0.15, 0.2) is 76.2 Å². The predicted molar refractivity (Wildman–Crippen MR) is 157 cm³/mol. The monoisotopic (exact) mass is 614 g/mol. The number of carbonyl (C=O) groups is 1. The van der Waals surface area contributed by atoms with Crippen molar-refractivity contribution in [3.63, 3.8) is 0 Å². The van der Waals surface area contributed by atoms with Crippen LogP contribution in [0, 0.1) is 0 Å². The molecule has 10 heteroatoms. The number of sulfonamides is 1. The number of fused-ring (bicyclic) bond motifs is 1. The van der Waals surface area contributed by atoms with Crippen molar-refractivity contribution in [1.82, 2.24) is 14.3 Å². The number of thiazole rings is 1. The van der Waals surface area contributed by atoms with Gasteiger partial charge in [-0.05, 0) is 67.4 Å². The molecular weight excluding hydrogens is 584 g/mol. The van der Waals surface area contributed by atoms with E-state index in [2.05, 4.69) is 20.9 Å². The van der Waals surface area contributed by atoms with Crippen LogP contribution in [0.3, 0.4) is 0 Å². The molecule has 38 heavy (non-hydrogen) atoms. The smallest absolute Gasteiger partial charge is 0.260 e. The fourth-order valence-electron chi connectivity index (χ4n) is 3.98. The highest BCUT2D eigenvalue weighted by atomic mass is 79.9. The number of carbonyl (C=O) groups excluding carboxylic acids is 1. The van der Waals surface area contributed by atoms with Crippen molar-refractivity contribution in [2.75, 3.05) is 18.0 Å². The average molecular weight is 616 g/mol. The number of nitrogens with zero attached hydrogens (tertiary/aromatic N) is 4. The number of amides is 1. The quantitative estimate of drug-likeness (QED) is 0.173. The summed E-state index contributed by atoms with van der Waals surface area (Å²) < 4.78 is 30.2. The van der Waals surface area contributed by atoms with Crippen LogP contribution in [0.4, 0.5) is 5.13 Å². The standard InChI is InChI=1S/C28H31BrN4O3S2/c1-3-5-17-32(18-6-4-2)38(35,36)24-13-10-21(11-14-24)27(34)33(20-23-9-7-8-16-30-23)28-31-25-15-12-22(29)19-26(25)37-28/h7-16,19H,3-6,17-18,20H2,1-2H3. The maximum atomic E-state index is 13.8. The Labute approximate surface area is 236 Å². The molecule has 0 fully saturated rings. The molecule has 1 amide bonds. The molecule has 0 spiro atoms. The van der Waals surface area contributed by atoms with Crippen molar-refractivity contribution in [2.45, 2.75) is 51.0 Å². The van der Waals surface area contributed by atoms with Gasteiger partial charge in [-0.1, -0.05) is 60.0 Å². The van der Waals surface area contributed by atoms with Crippen LogP contribution in [-0.2, 0) is 16.6 Å². The summed E-state index contributed by atoms with van der Waals surface area (Å²) in [6.07, 6.45) is 5.14. The largest absolute Gasteiger partial charge is 0.278 e. The fraction of sp³-hybridized carbons (Fsp3) is 0.321. The molecule has 0 unspecified atom stereocenters. The molecule has 4 aromatic rings. The first-order chi connectivity index (χ1) is 18.3. The van der Waals surface area contributed by atoms with Gasteiger partial charge < -0.3 is 0 Å². The molecule has 2 heterocycles. The second-order valence-corrected chi connectivity index (χ2v) is 12.8. The van der Waals surface area contributed by atoms with E-state index in [1.54, 1.807) is 27.5 Å². The zero-order chi connectivity index (χ0) is 27.1. The molecular formula is C28H31BrN4O3S2. The summed E-state index contributed by atoms with van der Waals surface area (Å²) in [7, 11) is -3.65. The Bertz CT molecular complexity index is 1470. The van der Waals surface area contributed by atoms with E-state index in [0.29, 0.717) is 23.8 Å². The zero-order valence-electron chi connectivity index (χ0n) is 21.5. The normalized spacial score (nSPS) is 11.8. The van der Waals surface area contributed by atoms with Crippen LogP contribution >= 0.6 is 27.3 Å². The Morgan fingerprint density at radius 1 is 0.974 bits per heavy atom. The lowest BCUT2D eigenvalue weighted by atomic mass is 10.2. The van der Waals surface area contributed by atoms with Gasteiger partial charge in [-0.25, -0.2) is 13.4 Å². The molecule has 0 N–H and O–H groups in total. The van der Waals surface area contributed by atoms with E-state index in [0.717, 1.165) is 46.1 Å². The van der Waals surface area contributed by atoms with Gasteiger partial charge >= 0.3 is 0 Å². The molecule has 4 rings (SSSR count). The molecule has 0 bridgehead atoms. The minimum Gasteiger partial charge on any atom is -0.278 e. The Kier molecular flexibility index (Phi) is 9.64. The molecule has 2 aromatic heterocycles. The topological polar surface area (TPSA) is 83.5 Å². The summed E-state index contributed by atoms with van der Waals surface area (Å²) in [6.45, 7) is 5.32. The van der Waals surface area contributed by atoms with E-state index in [1.165, 1.54) is 23.5 Å². The Morgan fingerprint density at radius 2 is 1.68 bits per heavy atom. The van der Waals surface area contributed by atoms with Crippen LogP contribution in [0.5, 0.6) is 0 Å². The SMILES string of the molecule is CCCCN(CCCC)S(=O)(=O)c1ccc(C(=O)N(Cc2ccccn2)c2nc3ccc(Br)cc3s2)cc1. The first kappa shape index (κ1) is 28.4. The third-order valence-electron chi connectivity index (χ3n) is 6.12. The number of rotatable bonds is 12. The minimum absolute atomic E-state index is 0.197. The third kappa shape index (κ3) is 6.66. The van der Waals surface area contributed by atoms with Gasteiger partial charge in [0, 0.05) is 29.3 Å². The van der Waals surface area contributed by atoms with Crippen molar-refractivity contribution in [1.29, 1.82) is 0 Å². The summed E-state index contributed by atoms with van der Waals surface area (Å²) in [5, 5.41) is 0.552. The van der Waals surface area contributed by atoms with E-state index in [1.807, 2.05) is 50.2 Å². The molecule has 0 saturated carbocycles. The van der Waals surface area contributed by atoms with Crippen molar-refractivity contribution in [3.8, 4) is 0 Å². The number of anilines is 1. The van der Waals surface area contributed by atoms with E-state index in [4.69, 9.17) is 4.98 Å². The predicted octanol–water partition coefficient (Wildman–Crippen LogP) is 6.89. The molecule has 2 aromatic carbocycles. The second-order valence-electron chi connectivity index (χ2n) is 8.96. The summed E-state index contributed by atoms with van der Waals surface area (Å²) in [5.74, 6) is -0.272. The van der Waals surface area contributed by atoms with Gasteiger partial charge in [-0.15, -0.1) is 0 Å². The molecule has 0 saturated heterocycles. The molecule has 0 aliphatic rings. The first-order valence-corrected chi connectivity index (χ1v) is 15.8. The van der Waals surface area contributed by atoms with Gasteiger partial charge in [0.15, 0.2) is 5.13 Å². The maximum Gasteiger partial charge on any atom is 0.260 e. The van der Waals surface area contributed by atoms with Crippen molar-refractivity contribution in [3.05, 3.63) is 82.6 Å². The molecule has 0 radical (unpaired) electrons. The van der Waals surface area contributed by atoms with Crippen molar-refractivity contribution < 1.29 is 13.2 Å². The van der Waals surface area contributed by atoms with E-state index in [-0.39, 0.29) is 17.3 Å². The average Bonchev–Trinajstić information content (AvgIpc) is 3.35. The van der Waals surface area contributed by atoms with Gasteiger partial charge in [0.2, 0.25) is 10.0 Å². The highest BCUT2D eigenvalue weighted by molar-refractivity contribution is 9.10. The summed E-state index contributed by atoms with van der Waals surface area (Å²) in [4.78, 5) is 24.7. The Hall–Kier alpha value is -2.66. The lowest BCUT2D eigenvalue weighted by Gasteiger charge is -2.22. The Morgan fingerprint density at radius 3 is 2.32 bits per heavy atom. The minimum atomic E-state index is -3.65. The molecule has 200 valence electrons. The number of aromatic nitrogens is 2. The van der Waals surface area contributed by atoms with Crippen LogP contribution in [0.2, 0.25) is 0 Å². The third-order valence-corrected chi connectivity index (χ3v) is 9.57. The van der Waals surface area contributed by atoms with Gasteiger partial charge in [-0.3, -0.25) is 14.7 Å². The van der Waals surface area contributed by atoms with E-state index >= 15 is 0 Å².